The molecule has 0 saturated heterocycles. The van der Waals surface area contributed by atoms with Crippen molar-refractivity contribution in [3.05, 3.63) is 23.8 Å². The number of fused-ring (bicyclic) bond motifs is 1. The summed E-state index contributed by atoms with van der Waals surface area (Å²) in [6.07, 6.45) is -6.09. The van der Waals surface area contributed by atoms with Gasteiger partial charge in [0.05, 0.1) is 18.4 Å². The van der Waals surface area contributed by atoms with Gasteiger partial charge in [-0.3, -0.25) is 0 Å². The van der Waals surface area contributed by atoms with Gasteiger partial charge in [-0.05, 0) is 18.2 Å². The summed E-state index contributed by atoms with van der Waals surface area (Å²) in [6, 6.07) is 2.10. The molecule has 0 amide bonds. The van der Waals surface area contributed by atoms with Gasteiger partial charge < -0.3 is 10.1 Å². The highest BCUT2D eigenvalue weighted by atomic mass is 32.2. The van der Waals surface area contributed by atoms with Crippen LogP contribution in [0.3, 0.4) is 0 Å². The number of anilines is 1. The van der Waals surface area contributed by atoms with Crippen LogP contribution in [0.2, 0.25) is 0 Å². The summed E-state index contributed by atoms with van der Waals surface area (Å²) in [5.74, 6) is -0.961. The zero-order chi connectivity index (χ0) is 15.1. The summed E-state index contributed by atoms with van der Waals surface area (Å²) in [5.41, 5.74) is -1.33. The Hall–Kier alpha value is -1.81. The third-order valence-corrected chi connectivity index (χ3v) is 4.09. The molecule has 2 rings (SSSR count). The fourth-order valence-electron chi connectivity index (χ4n) is 1.68. The topological polar surface area (TPSA) is 84.5 Å². The number of esters is 1. The van der Waals surface area contributed by atoms with Crippen molar-refractivity contribution in [3.8, 4) is 0 Å². The first-order valence-corrected chi connectivity index (χ1v) is 6.71. The van der Waals surface area contributed by atoms with Gasteiger partial charge in [0.1, 0.15) is 4.90 Å². The van der Waals surface area contributed by atoms with Crippen molar-refractivity contribution < 1.29 is 31.1 Å². The van der Waals surface area contributed by atoms with E-state index in [9.17, 15) is 26.4 Å². The summed E-state index contributed by atoms with van der Waals surface area (Å²) < 4.78 is 67.7. The van der Waals surface area contributed by atoms with Crippen molar-refractivity contribution >= 4 is 21.7 Å². The maximum Gasteiger partial charge on any atom is 0.416 e. The molecule has 1 aliphatic heterocycles. The molecule has 20 heavy (non-hydrogen) atoms. The number of carbonyl (C=O) groups excluding carboxylic acids is 1. The molecular weight excluding hydrogens is 301 g/mol. The first kappa shape index (κ1) is 14.6. The lowest BCUT2D eigenvalue weighted by Gasteiger charge is -2.26. The normalized spacial score (nSPS) is 20.7. The Kier molecular flexibility index (Phi) is 3.38. The predicted molar refractivity (Wildman–Crippen MR) is 61.2 cm³/mol. The lowest BCUT2D eigenvalue weighted by Crippen LogP contribution is -2.50. The smallest absolute Gasteiger partial charge is 0.416 e. The van der Waals surface area contributed by atoms with Crippen LogP contribution in [0, 0.1) is 0 Å². The van der Waals surface area contributed by atoms with Gasteiger partial charge in [0.2, 0.25) is 10.0 Å². The number of halogens is 3. The third kappa shape index (κ3) is 2.56. The van der Waals surface area contributed by atoms with E-state index in [0.29, 0.717) is 12.1 Å². The number of carbonyl (C=O) groups is 1. The standard InChI is InChI=1S/C10H9F3N2O4S/c1-19-9(16)8-14-6-4-5(10(11,12)13)2-3-7(6)20(17,18)15-8/h2-4,8,14-15H,1H3. The van der Waals surface area contributed by atoms with E-state index in [4.69, 9.17) is 0 Å². The zero-order valence-electron chi connectivity index (χ0n) is 9.98. The maximum absolute atomic E-state index is 12.6. The largest absolute Gasteiger partial charge is 0.466 e. The number of methoxy groups -OCH3 is 1. The van der Waals surface area contributed by atoms with E-state index in [1.807, 2.05) is 4.72 Å². The number of hydrogen-bond donors (Lipinski definition) is 2. The van der Waals surface area contributed by atoms with Crippen LogP contribution in [0.5, 0.6) is 0 Å². The minimum absolute atomic E-state index is 0.311. The fraction of sp³-hybridized carbons (Fsp3) is 0.300. The monoisotopic (exact) mass is 310 g/mol. The maximum atomic E-state index is 12.6. The van der Waals surface area contributed by atoms with Crippen LogP contribution in [0.4, 0.5) is 18.9 Å². The van der Waals surface area contributed by atoms with E-state index in [2.05, 4.69) is 10.1 Å². The predicted octanol–water partition coefficient (Wildman–Crippen LogP) is 0.908. The van der Waals surface area contributed by atoms with Crippen LogP contribution in [0.25, 0.3) is 0 Å². The zero-order valence-corrected chi connectivity index (χ0v) is 10.8. The van der Waals surface area contributed by atoms with Crippen LogP contribution in [-0.2, 0) is 25.7 Å². The van der Waals surface area contributed by atoms with Gasteiger partial charge in [-0.25, -0.2) is 13.2 Å². The molecule has 0 bridgehead atoms. The van der Waals surface area contributed by atoms with Gasteiger partial charge in [-0.2, -0.15) is 17.9 Å². The highest BCUT2D eigenvalue weighted by Crippen LogP contribution is 2.35. The summed E-state index contributed by atoms with van der Waals surface area (Å²) in [7, 11) is -3.06. The van der Waals surface area contributed by atoms with Crippen LogP contribution >= 0.6 is 0 Å². The third-order valence-electron chi connectivity index (χ3n) is 2.61. The minimum atomic E-state index is -4.62. The molecule has 0 aliphatic carbocycles. The lowest BCUT2D eigenvalue weighted by atomic mass is 10.2. The quantitative estimate of drug-likeness (QED) is 0.753. The lowest BCUT2D eigenvalue weighted by molar-refractivity contribution is -0.141. The molecule has 1 atom stereocenters. The van der Waals surface area contributed by atoms with Gasteiger partial charge in [-0.15, -0.1) is 0 Å². The summed E-state index contributed by atoms with van der Waals surface area (Å²) in [4.78, 5) is 10.9. The molecule has 10 heteroatoms. The average molecular weight is 310 g/mol. The van der Waals surface area contributed by atoms with Crippen LogP contribution in [-0.4, -0.2) is 27.7 Å². The molecule has 1 unspecified atom stereocenters. The molecule has 0 aromatic heterocycles. The molecule has 6 nitrogen and oxygen atoms in total. The van der Waals surface area contributed by atoms with Crippen molar-refractivity contribution in [3.63, 3.8) is 0 Å². The number of alkyl halides is 3. The molecular formula is C10H9F3N2O4S. The summed E-state index contributed by atoms with van der Waals surface area (Å²) >= 11 is 0. The number of benzene rings is 1. The van der Waals surface area contributed by atoms with Gasteiger partial charge >= 0.3 is 12.1 Å². The first-order valence-electron chi connectivity index (χ1n) is 5.23. The SMILES string of the molecule is COC(=O)C1Nc2cc(C(F)(F)F)ccc2S(=O)(=O)N1. The number of sulfonamides is 1. The molecule has 1 aromatic carbocycles. The van der Waals surface area contributed by atoms with Gasteiger partial charge in [0, 0.05) is 0 Å². The number of rotatable bonds is 1. The highest BCUT2D eigenvalue weighted by molar-refractivity contribution is 7.89. The van der Waals surface area contributed by atoms with Crippen molar-refractivity contribution in [1.82, 2.24) is 4.72 Å². The van der Waals surface area contributed by atoms with E-state index >= 15 is 0 Å². The highest BCUT2D eigenvalue weighted by Gasteiger charge is 2.37. The second kappa shape index (κ2) is 4.63. The Balaban J connectivity index is 2.51. The molecule has 0 saturated carbocycles. The van der Waals surface area contributed by atoms with Crippen molar-refractivity contribution in [2.24, 2.45) is 0 Å². The molecule has 1 aliphatic rings. The Morgan fingerprint density at radius 2 is 2.00 bits per heavy atom. The first-order chi connectivity index (χ1) is 9.15. The van der Waals surface area contributed by atoms with E-state index < -0.39 is 33.9 Å². The average Bonchev–Trinajstić information content (AvgIpc) is 2.35. The molecule has 0 radical (unpaired) electrons. The van der Waals surface area contributed by atoms with Gasteiger partial charge in [0.25, 0.3) is 0 Å². The van der Waals surface area contributed by atoms with Crippen LogP contribution in [0.1, 0.15) is 5.56 Å². The Morgan fingerprint density at radius 1 is 1.35 bits per heavy atom. The number of nitrogens with one attached hydrogen (secondary N) is 2. The van der Waals surface area contributed by atoms with Crippen molar-refractivity contribution in [2.45, 2.75) is 17.2 Å². The molecule has 2 N–H and O–H groups in total. The molecule has 0 spiro atoms. The minimum Gasteiger partial charge on any atom is -0.466 e. The Labute approximate surface area is 112 Å². The second-order valence-corrected chi connectivity index (χ2v) is 5.61. The summed E-state index contributed by atoms with van der Waals surface area (Å²) in [5, 5.41) is 2.35. The van der Waals surface area contributed by atoms with E-state index in [-0.39, 0.29) is 10.6 Å². The molecule has 1 heterocycles. The van der Waals surface area contributed by atoms with Crippen LogP contribution in [0.15, 0.2) is 23.1 Å². The van der Waals surface area contributed by atoms with Crippen molar-refractivity contribution in [2.75, 3.05) is 12.4 Å². The Bertz CT molecular complexity index is 657. The van der Waals surface area contributed by atoms with Crippen molar-refractivity contribution in [1.29, 1.82) is 0 Å². The van der Waals surface area contributed by atoms with Gasteiger partial charge in [0.15, 0.2) is 6.17 Å². The molecule has 0 fully saturated rings. The molecule has 1 aromatic rings. The molecule has 110 valence electrons. The van der Waals surface area contributed by atoms with E-state index in [1.54, 1.807) is 0 Å². The van der Waals surface area contributed by atoms with Crippen LogP contribution < -0.4 is 10.0 Å². The second-order valence-electron chi connectivity index (χ2n) is 3.93. The summed E-state index contributed by atoms with van der Waals surface area (Å²) in [6.45, 7) is 0. The van der Waals surface area contributed by atoms with E-state index in [0.717, 1.165) is 13.2 Å². The van der Waals surface area contributed by atoms with E-state index in [1.165, 1.54) is 0 Å². The Morgan fingerprint density at radius 3 is 2.55 bits per heavy atom. The number of ether oxygens (including phenoxy) is 1. The number of hydrogen-bond acceptors (Lipinski definition) is 5. The van der Waals surface area contributed by atoms with Gasteiger partial charge in [-0.1, -0.05) is 0 Å². The fourth-order valence-corrected chi connectivity index (χ4v) is 2.93.